The molecule has 1 unspecified atom stereocenters. The Morgan fingerprint density at radius 1 is 1.23 bits per heavy atom. The van der Waals surface area contributed by atoms with E-state index >= 15 is 0 Å². The molecule has 30 heavy (non-hydrogen) atoms. The van der Waals surface area contributed by atoms with Crippen molar-refractivity contribution in [3.63, 3.8) is 0 Å². The standard InChI is InChI=1S/C22H26N4O4/c1-14-4-2-3-5-16(14)11-25-13-24-17-10-18(21(29)23-9-8-20(27)28)26(12-19(17)25)22(30)15-6-7-15/h2-5,13,15,18H,6-12H2,1H3,(H,23,29)(H,27,28). The first-order chi connectivity index (χ1) is 14.4. The molecule has 0 radical (unpaired) electrons. The van der Waals surface area contributed by atoms with Gasteiger partial charge in [-0.15, -0.1) is 0 Å². The van der Waals surface area contributed by atoms with Gasteiger partial charge in [0.15, 0.2) is 0 Å². The number of aliphatic carboxylic acids is 1. The maximum absolute atomic E-state index is 12.9. The molecule has 2 amide bonds. The van der Waals surface area contributed by atoms with E-state index in [-0.39, 0.29) is 30.7 Å². The van der Waals surface area contributed by atoms with Gasteiger partial charge >= 0.3 is 5.97 Å². The number of nitrogens with zero attached hydrogens (tertiary/aromatic N) is 3. The molecule has 0 spiro atoms. The van der Waals surface area contributed by atoms with E-state index in [9.17, 15) is 14.4 Å². The Morgan fingerprint density at radius 2 is 2.00 bits per heavy atom. The monoisotopic (exact) mass is 410 g/mol. The number of carbonyl (C=O) groups excluding carboxylic acids is 2. The zero-order valence-electron chi connectivity index (χ0n) is 17.0. The van der Waals surface area contributed by atoms with Crippen molar-refractivity contribution < 1.29 is 19.5 Å². The second-order valence-electron chi connectivity index (χ2n) is 8.09. The van der Waals surface area contributed by atoms with Crippen molar-refractivity contribution in [3.8, 4) is 0 Å². The van der Waals surface area contributed by atoms with E-state index in [1.807, 2.05) is 12.1 Å². The minimum atomic E-state index is -0.970. The summed E-state index contributed by atoms with van der Waals surface area (Å²) in [6.45, 7) is 3.12. The Bertz CT molecular complexity index is 979. The maximum atomic E-state index is 12.9. The van der Waals surface area contributed by atoms with Crippen LogP contribution >= 0.6 is 0 Å². The number of fused-ring (bicyclic) bond motifs is 1. The van der Waals surface area contributed by atoms with E-state index in [0.29, 0.717) is 19.5 Å². The number of hydrogen-bond acceptors (Lipinski definition) is 4. The lowest BCUT2D eigenvalue weighted by Crippen LogP contribution is -2.53. The summed E-state index contributed by atoms with van der Waals surface area (Å²) in [7, 11) is 0. The molecule has 0 saturated heterocycles. The molecular formula is C22H26N4O4. The summed E-state index contributed by atoms with van der Waals surface area (Å²) in [6.07, 6.45) is 3.69. The fraction of sp³-hybridized carbons (Fsp3) is 0.455. The Kier molecular flexibility index (Phi) is 5.57. The summed E-state index contributed by atoms with van der Waals surface area (Å²) in [5.74, 6) is -1.29. The summed E-state index contributed by atoms with van der Waals surface area (Å²) in [5.41, 5.74) is 4.16. The second-order valence-corrected chi connectivity index (χ2v) is 8.09. The first kappa shape index (κ1) is 20.1. The number of carboxylic acid groups (broad SMARTS) is 1. The molecule has 1 aromatic carbocycles. The quantitative estimate of drug-likeness (QED) is 0.720. The van der Waals surface area contributed by atoms with Gasteiger partial charge in [0.1, 0.15) is 6.04 Å². The van der Waals surface area contributed by atoms with E-state index in [1.54, 1.807) is 11.2 Å². The number of carbonyl (C=O) groups is 3. The van der Waals surface area contributed by atoms with Crippen molar-refractivity contribution in [2.75, 3.05) is 6.54 Å². The van der Waals surface area contributed by atoms with E-state index in [2.05, 4.69) is 33.9 Å². The van der Waals surface area contributed by atoms with Gasteiger partial charge in [0, 0.05) is 25.4 Å². The molecule has 1 aromatic heterocycles. The van der Waals surface area contributed by atoms with Gasteiger partial charge in [0.2, 0.25) is 11.8 Å². The van der Waals surface area contributed by atoms with Gasteiger partial charge in [-0.05, 0) is 30.9 Å². The Hall–Kier alpha value is -3.16. The second kappa shape index (κ2) is 8.30. The molecule has 2 N–H and O–H groups in total. The first-order valence-corrected chi connectivity index (χ1v) is 10.3. The van der Waals surface area contributed by atoms with Crippen LogP contribution in [0.25, 0.3) is 0 Å². The van der Waals surface area contributed by atoms with Gasteiger partial charge in [-0.2, -0.15) is 0 Å². The van der Waals surface area contributed by atoms with E-state index in [1.165, 1.54) is 11.1 Å². The van der Waals surface area contributed by atoms with Crippen LogP contribution in [0.2, 0.25) is 0 Å². The smallest absolute Gasteiger partial charge is 0.305 e. The van der Waals surface area contributed by atoms with E-state index < -0.39 is 12.0 Å². The number of hydrogen-bond donors (Lipinski definition) is 2. The van der Waals surface area contributed by atoms with Gasteiger partial charge in [-0.3, -0.25) is 14.4 Å². The fourth-order valence-electron chi connectivity index (χ4n) is 3.92. The van der Waals surface area contributed by atoms with Gasteiger partial charge < -0.3 is 19.9 Å². The highest BCUT2D eigenvalue weighted by Crippen LogP contribution is 2.34. The minimum Gasteiger partial charge on any atom is -0.481 e. The fourth-order valence-corrected chi connectivity index (χ4v) is 3.92. The van der Waals surface area contributed by atoms with Crippen LogP contribution in [0.3, 0.4) is 0 Å². The molecule has 4 rings (SSSR count). The predicted molar refractivity (Wildman–Crippen MR) is 109 cm³/mol. The molecule has 1 aliphatic carbocycles. The largest absolute Gasteiger partial charge is 0.481 e. The Labute approximate surface area is 174 Å². The summed E-state index contributed by atoms with van der Waals surface area (Å²) in [6, 6.07) is 7.51. The van der Waals surface area contributed by atoms with E-state index in [0.717, 1.165) is 24.2 Å². The molecule has 158 valence electrons. The third kappa shape index (κ3) is 4.22. The number of carboxylic acids is 1. The highest BCUT2D eigenvalue weighted by Gasteiger charge is 2.42. The molecule has 1 saturated carbocycles. The lowest BCUT2D eigenvalue weighted by Gasteiger charge is -2.35. The minimum absolute atomic E-state index is 0.00248. The van der Waals surface area contributed by atoms with Crippen LogP contribution in [-0.2, 0) is 33.9 Å². The zero-order valence-corrected chi connectivity index (χ0v) is 17.0. The molecule has 1 atom stereocenters. The lowest BCUT2D eigenvalue weighted by atomic mass is 10.0. The number of nitrogens with one attached hydrogen (secondary N) is 1. The van der Waals surface area contributed by atoms with Crippen LogP contribution in [0.1, 0.15) is 41.8 Å². The number of aromatic nitrogens is 2. The van der Waals surface area contributed by atoms with Crippen LogP contribution in [0.5, 0.6) is 0 Å². The van der Waals surface area contributed by atoms with Crippen molar-refractivity contribution in [2.24, 2.45) is 5.92 Å². The van der Waals surface area contributed by atoms with E-state index in [4.69, 9.17) is 5.11 Å². The van der Waals surface area contributed by atoms with Crippen LogP contribution in [0, 0.1) is 12.8 Å². The zero-order chi connectivity index (χ0) is 21.3. The number of amides is 2. The molecule has 2 heterocycles. The third-order valence-electron chi connectivity index (χ3n) is 5.87. The molecule has 8 heteroatoms. The average Bonchev–Trinajstić information content (AvgIpc) is 3.50. The van der Waals surface area contributed by atoms with Crippen LogP contribution in [-0.4, -0.2) is 49.9 Å². The number of aryl methyl sites for hydroxylation is 1. The Balaban J connectivity index is 1.56. The number of benzene rings is 1. The van der Waals surface area contributed by atoms with Gasteiger partial charge in [0.25, 0.3) is 0 Å². The van der Waals surface area contributed by atoms with Gasteiger partial charge in [-0.1, -0.05) is 24.3 Å². The molecular weight excluding hydrogens is 384 g/mol. The Morgan fingerprint density at radius 3 is 2.70 bits per heavy atom. The van der Waals surface area contributed by atoms with Crippen molar-refractivity contribution >= 4 is 17.8 Å². The molecule has 8 nitrogen and oxygen atoms in total. The highest BCUT2D eigenvalue weighted by atomic mass is 16.4. The molecule has 2 aromatic rings. The molecule has 1 fully saturated rings. The van der Waals surface area contributed by atoms with Crippen molar-refractivity contribution in [3.05, 3.63) is 53.1 Å². The first-order valence-electron chi connectivity index (χ1n) is 10.3. The van der Waals surface area contributed by atoms with Gasteiger partial charge in [-0.25, -0.2) is 4.98 Å². The number of rotatable bonds is 7. The van der Waals surface area contributed by atoms with Crippen LogP contribution < -0.4 is 5.32 Å². The molecule has 1 aliphatic heterocycles. The predicted octanol–water partition coefficient (Wildman–Crippen LogP) is 1.49. The summed E-state index contributed by atoms with van der Waals surface area (Å²) < 4.78 is 2.06. The summed E-state index contributed by atoms with van der Waals surface area (Å²) >= 11 is 0. The topological polar surface area (TPSA) is 105 Å². The summed E-state index contributed by atoms with van der Waals surface area (Å²) in [4.78, 5) is 42.6. The maximum Gasteiger partial charge on any atom is 0.305 e. The molecule has 2 aliphatic rings. The normalized spacial score (nSPS) is 18.0. The lowest BCUT2D eigenvalue weighted by molar-refractivity contribution is -0.143. The number of imidazole rings is 1. The van der Waals surface area contributed by atoms with Crippen molar-refractivity contribution in [2.45, 2.75) is 51.7 Å². The van der Waals surface area contributed by atoms with Crippen LogP contribution in [0.15, 0.2) is 30.6 Å². The summed E-state index contributed by atoms with van der Waals surface area (Å²) in [5, 5.41) is 11.5. The van der Waals surface area contributed by atoms with Crippen molar-refractivity contribution in [1.29, 1.82) is 0 Å². The third-order valence-corrected chi connectivity index (χ3v) is 5.87. The van der Waals surface area contributed by atoms with Crippen LogP contribution in [0.4, 0.5) is 0 Å². The SMILES string of the molecule is Cc1ccccc1Cn1cnc2c1CN(C(=O)C1CC1)C(C(=O)NCCC(=O)O)C2. The molecule has 0 bridgehead atoms. The van der Waals surface area contributed by atoms with Crippen molar-refractivity contribution in [1.82, 2.24) is 19.8 Å². The van der Waals surface area contributed by atoms with Gasteiger partial charge in [0.05, 0.1) is 30.7 Å². The highest BCUT2D eigenvalue weighted by molar-refractivity contribution is 5.90. The average molecular weight is 410 g/mol.